The highest BCUT2D eigenvalue weighted by Gasteiger charge is 2.33. The number of halogens is 1. The van der Waals surface area contributed by atoms with Gasteiger partial charge in [-0.1, -0.05) is 0 Å². The predicted octanol–water partition coefficient (Wildman–Crippen LogP) is 1.35. The van der Waals surface area contributed by atoms with E-state index >= 15 is 0 Å². The smallest absolute Gasteiger partial charge is 0.416 e. The number of pyridine rings is 3. The van der Waals surface area contributed by atoms with Gasteiger partial charge in [0.2, 0.25) is 0 Å². The summed E-state index contributed by atoms with van der Waals surface area (Å²) in [5, 5.41) is 5.85. The first-order valence-electron chi connectivity index (χ1n) is 11.2. The molecule has 2 aliphatic rings. The minimum absolute atomic E-state index is 0.0737. The molecule has 0 aliphatic carbocycles. The van der Waals surface area contributed by atoms with E-state index in [1.807, 2.05) is 0 Å². The number of carbonyl (C=O) groups is 2. The molecule has 0 saturated carbocycles. The Morgan fingerprint density at radius 1 is 1.23 bits per heavy atom. The number of rotatable bonds is 7. The molecule has 3 aromatic rings. The molecule has 11 nitrogen and oxygen atoms in total. The Morgan fingerprint density at radius 3 is 2.94 bits per heavy atom. The van der Waals surface area contributed by atoms with Crippen LogP contribution in [0.1, 0.15) is 12.0 Å². The number of aryl methyl sites for hydroxylation is 2. The third kappa shape index (κ3) is 4.52. The monoisotopic (exact) mass is 482 g/mol. The van der Waals surface area contributed by atoms with Crippen LogP contribution in [-0.2, 0) is 23.0 Å². The predicted molar refractivity (Wildman–Crippen MR) is 124 cm³/mol. The molecule has 182 valence electrons. The molecule has 1 unspecified atom stereocenters. The van der Waals surface area contributed by atoms with Crippen molar-refractivity contribution in [2.24, 2.45) is 7.05 Å². The summed E-state index contributed by atoms with van der Waals surface area (Å²) in [6.07, 6.45) is 1.27. The van der Waals surface area contributed by atoms with Crippen LogP contribution < -0.4 is 25.8 Å². The molecule has 1 saturated heterocycles. The van der Waals surface area contributed by atoms with Crippen molar-refractivity contribution in [3.8, 4) is 5.75 Å². The van der Waals surface area contributed by atoms with E-state index < -0.39 is 18.0 Å². The zero-order chi connectivity index (χ0) is 24.5. The molecule has 2 amide bonds. The molecule has 5 heterocycles. The van der Waals surface area contributed by atoms with E-state index in [-0.39, 0.29) is 30.4 Å². The molecule has 2 aliphatic heterocycles. The van der Waals surface area contributed by atoms with Gasteiger partial charge in [0.1, 0.15) is 17.7 Å². The summed E-state index contributed by atoms with van der Waals surface area (Å²) in [5.41, 5.74) is 1.29. The third-order valence-electron chi connectivity index (χ3n) is 5.95. The van der Waals surface area contributed by atoms with Crippen LogP contribution in [0, 0.1) is 5.82 Å². The summed E-state index contributed by atoms with van der Waals surface area (Å²) < 4.78 is 26.6. The number of hydrogen-bond acceptors (Lipinski definition) is 8. The lowest BCUT2D eigenvalue weighted by Crippen LogP contribution is -2.32. The normalized spacial score (nSPS) is 17.2. The van der Waals surface area contributed by atoms with E-state index in [1.165, 1.54) is 21.7 Å². The van der Waals surface area contributed by atoms with E-state index in [0.29, 0.717) is 54.1 Å². The molecule has 1 atom stereocenters. The fraction of sp³-hybridized carbons (Fsp3) is 0.348. The van der Waals surface area contributed by atoms with Gasteiger partial charge in [0.05, 0.1) is 23.8 Å². The Morgan fingerprint density at radius 2 is 2.09 bits per heavy atom. The Balaban J connectivity index is 1.15. The van der Waals surface area contributed by atoms with Crippen LogP contribution in [0.15, 0.2) is 35.3 Å². The average molecular weight is 482 g/mol. The van der Waals surface area contributed by atoms with Crippen molar-refractivity contribution >= 4 is 34.7 Å². The molecule has 3 aromatic heterocycles. The SMILES string of the molecule is Cn1c(=O)ccc2ncc(F)c(CCCNCC3CN(c4ccc5c(n4)NC(=O)CO5)C(=O)O3)c21. The third-order valence-corrected chi connectivity index (χ3v) is 5.95. The van der Waals surface area contributed by atoms with Crippen LogP contribution in [0.4, 0.5) is 20.8 Å². The number of amides is 2. The van der Waals surface area contributed by atoms with Gasteiger partial charge >= 0.3 is 6.09 Å². The number of fused-ring (bicyclic) bond motifs is 2. The Labute approximate surface area is 198 Å². The van der Waals surface area contributed by atoms with Crippen LogP contribution in [0.25, 0.3) is 11.0 Å². The highest BCUT2D eigenvalue weighted by molar-refractivity contribution is 5.95. The van der Waals surface area contributed by atoms with Crippen molar-refractivity contribution in [3.05, 3.63) is 52.2 Å². The van der Waals surface area contributed by atoms with Crippen LogP contribution >= 0.6 is 0 Å². The topological polar surface area (TPSA) is 128 Å². The Hall–Kier alpha value is -4.06. The summed E-state index contributed by atoms with van der Waals surface area (Å²) in [7, 11) is 1.60. The van der Waals surface area contributed by atoms with E-state index in [1.54, 1.807) is 25.2 Å². The lowest BCUT2D eigenvalue weighted by molar-refractivity contribution is -0.118. The summed E-state index contributed by atoms with van der Waals surface area (Å²) in [5.74, 6) is 0.306. The Bertz CT molecular complexity index is 1380. The fourth-order valence-corrected chi connectivity index (χ4v) is 4.21. The van der Waals surface area contributed by atoms with Gasteiger partial charge in [-0.15, -0.1) is 0 Å². The van der Waals surface area contributed by atoms with Crippen molar-refractivity contribution < 1.29 is 23.5 Å². The first-order chi connectivity index (χ1) is 16.9. The van der Waals surface area contributed by atoms with Crippen molar-refractivity contribution in [2.75, 3.05) is 36.5 Å². The van der Waals surface area contributed by atoms with Gasteiger partial charge in [-0.2, -0.15) is 0 Å². The minimum Gasteiger partial charge on any atom is -0.480 e. The quantitative estimate of drug-likeness (QED) is 0.483. The zero-order valence-corrected chi connectivity index (χ0v) is 18.9. The van der Waals surface area contributed by atoms with Gasteiger partial charge in [-0.25, -0.2) is 14.2 Å². The first-order valence-corrected chi connectivity index (χ1v) is 11.2. The summed E-state index contributed by atoms with van der Waals surface area (Å²) in [4.78, 5) is 45.6. The summed E-state index contributed by atoms with van der Waals surface area (Å²) in [6, 6.07) is 6.29. The van der Waals surface area contributed by atoms with Crippen molar-refractivity contribution in [2.45, 2.75) is 18.9 Å². The van der Waals surface area contributed by atoms with Crippen molar-refractivity contribution in [1.29, 1.82) is 0 Å². The number of aromatic nitrogens is 3. The number of nitrogens with one attached hydrogen (secondary N) is 2. The van der Waals surface area contributed by atoms with Crippen LogP contribution in [-0.4, -0.2) is 58.9 Å². The molecule has 0 bridgehead atoms. The second-order valence-corrected chi connectivity index (χ2v) is 8.33. The van der Waals surface area contributed by atoms with E-state index in [2.05, 4.69) is 20.6 Å². The molecule has 2 N–H and O–H groups in total. The number of anilines is 2. The number of cyclic esters (lactones) is 1. The average Bonchev–Trinajstić information content (AvgIpc) is 3.22. The minimum atomic E-state index is -0.529. The Kier molecular flexibility index (Phi) is 6.03. The van der Waals surface area contributed by atoms with Gasteiger partial charge in [-0.05, 0) is 37.6 Å². The lowest BCUT2D eigenvalue weighted by atomic mass is 10.1. The van der Waals surface area contributed by atoms with E-state index in [9.17, 15) is 18.8 Å². The number of nitrogens with zero attached hydrogens (tertiary/aromatic N) is 4. The summed E-state index contributed by atoms with van der Waals surface area (Å²) in [6.45, 7) is 1.18. The molecule has 1 fully saturated rings. The van der Waals surface area contributed by atoms with E-state index in [0.717, 1.165) is 0 Å². The molecule has 0 radical (unpaired) electrons. The van der Waals surface area contributed by atoms with Gasteiger partial charge in [0, 0.05) is 25.2 Å². The molecule has 12 heteroatoms. The first kappa shape index (κ1) is 22.7. The molecule has 0 spiro atoms. The zero-order valence-electron chi connectivity index (χ0n) is 18.9. The maximum absolute atomic E-state index is 14.5. The second kappa shape index (κ2) is 9.29. The van der Waals surface area contributed by atoms with Crippen LogP contribution in [0.5, 0.6) is 5.75 Å². The van der Waals surface area contributed by atoms with Crippen LogP contribution in [0.2, 0.25) is 0 Å². The van der Waals surface area contributed by atoms with E-state index in [4.69, 9.17) is 9.47 Å². The molecular weight excluding hydrogens is 459 g/mol. The molecule has 5 rings (SSSR count). The molecular formula is C23H23FN6O5. The number of carbonyl (C=O) groups excluding carboxylic acids is 2. The van der Waals surface area contributed by atoms with Crippen LogP contribution in [0.3, 0.4) is 0 Å². The lowest BCUT2D eigenvalue weighted by Gasteiger charge is -2.19. The van der Waals surface area contributed by atoms with Gasteiger partial charge in [-0.3, -0.25) is 19.5 Å². The fourth-order valence-electron chi connectivity index (χ4n) is 4.21. The maximum Gasteiger partial charge on any atom is 0.416 e. The highest BCUT2D eigenvalue weighted by Crippen LogP contribution is 2.30. The molecule has 35 heavy (non-hydrogen) atoms. The number of hydrogen-bond donors (Lipinski definition) is 2. The standard InChI is InChI=1S/C23H23FN6O5/c1-29-20(32)7-4-16-21(29)14(15(24)10-26-16)3-2-8-25-9-13-11-30(23(33)35-13)18-6-5-17-22(27-18)28-19(31)12-34-17/h4-7,10,13,25H,2-3,8-9,11-12H2,1H3,(H,27,28,31). The van der Waals surface area contributed by atoms with Gasteiger partial charge in [0.25, 0.3) is 11.5 Å². The largest absolute Gasteiger partial charge is 0.480 e. The van der Waals surface area contributed by atoms with Crippen molar-refractivity contribution in [1.82, 2.24) is 19.9 Å². The van der Waals surface area contributed by atoms with Gasteiger partial charge < -0.3 is 24.7 Å². The molecule has 0 aromatic carbocycles. The maximum atomic E-state index is 14.5. The van der Waals surface area contributed by atoms with Crippen molar-refractivity contribution in [3.63, 3.8) is 0 Å². The van der Waals surface area contributed by atoms with Gasteiger partial charge in [0.15, 0.2) is 18.2 Å². The summed E-state index contributed by atoms with van der Waals surface area (Å²) >= 11 is 0. The highest BCUT2D eigenvalue weighted by atomic mass is 19.1. The second-order valence-electron chi connectivity index (χ2n) is 8.33. The number of ether oxygens (including phenoxy) is 2.